The first-order chi connectivity index (χ1) is 6.21. The van der Waals surface area contributed by atoms with Gasteiger partial charge in [0.1, 0.15) is 0 Å². The van der Waals surface area contributed by atoms with Crippen LogP contribution in [0.1, 0.15) is 52.9 Å². The maximum absolute atomic E-state index is 5.64. The van der Waals surface area contributed by atoms with Gasteiger partial charge < -0.3 is 4.74 Å². The van der Waals surface area contributed by atoms with Gasteiger partial charge in [-0.3, -0.25) is 0 Å². The Morgan fingerprint density at radius 3 is 2.23 bits per heavy atom. The summed E-state index contributed by atoms with van der Waals surface area (Å²) >= 11 is 0. The third kappa shape index (κ3) is 2.70. The summed E-state index contributed by atoms with van der Waals surface area (Å²) in [6, 6.07) is 0. The molecule has 1 aliphatic carbocycles. The third-order valence-corrected chi connectivity index (χ3v) is 3.67. The maximum atomic E-state index is 5.64. The van der Waals surface area contributed by atoms with Crippen LogP contribution in [-0.2, 0) is 4.74 Å². The van der Waals surface area contributed by atoms with Crippen LogP contribution >= 0.6 is 0 Å². The molecule has 0 aromatic heterocycles. The molecule has 0 aromatic carbocycles. The molecule has 1 fully saturated rings. The van der Waals surface area contributed by atoms with E-state index >= 15 is 0 Å². The third-order valence-electron chi connectivity index (χ3n) is 3.67. The smallest absolute Gasteiger partial charge is 0.0524 e. The van der Waals surface area contributed by atoms with Crippen molar-refractivity contribution in [1.82, 2.24) is 0 Å². The van der Waals surface area contributed by atoms with Crippen molar-refractivity contribution in [2.24, 2.45) is 11.3 Å². The minimum absolute atomic E-state index is 0.508. The van der Waals surface area contributed by atoms with Gasteiger partial charge in [0.05, 0.1) is 6.61 Å². The second kappa shape index (κ2) is 4.99. The monoisotopic (exact) mass is 184 g/mol. The lowest BCUT2D eigenvalue weighted by atomic mass is 9.67. The van der Waals surface area contributed by atoms with Crippen molar-refractivity contribution in [3.63, 3.8) is 0 Å². The fourth-order valence-electron chi connectivity index (χ4n) is 2.45. The number of rotatable bonds is 4. The lowest BCUT2D eigenvalue weighted by molar-refractivity contribution is -0.00541. The molecular formula is C12H24O. The summed E-state index contributed by atoms with van der Waals surface area (Å²) in [6.45, 7) is 8.65. The van der Waals surface area contributed by atoms with Crippen LogP contribution in [0.25, 0.3) is 0 Å². The zero-order chi connectivity index (χ0) is 9.73. The van der Waals surface area contributed by atoms with E-state index in [0.29, 0.717) is 5.41 Å². The Morgan fingerprint density at radius 1 is 1.15 bits per heavy atom. The van der Waals surface area contributed by atoms with Crippen LogP contribution in [0.5, 0.6) is 0 Å². The molecule has 0 spiro atoms. The highest BCUT2D eigenvalue weighted by Gasteiger charge is 2.35. The first-order valence-electron chi connectivity index (χ1n) is 5.79. The number of hydrogen-bond acceptors (Lipinski definition) is 1. The molecule has 1 rings (SSSR count). The van der Waals surface area contributed by atoms with Gasteiger partial charge in [0.15, 0.2) is 0 Å². The van der Waals surface area contributed by atoms with Gasteiger partial charge in [-0.05, 0) is 31.1 Å². The predicted molar refractivity (Wildman–Crippen MR) is 56.8 cm³/mol. The van der Waals surface area contributed by atoms with Gasteiger partial charge in [0.25, 0.3) is 0 Å². The number of hydrogen-bond donors (Lipinski definition) is 0. The highest BCUT2D eigenvalue weighted by molar-refractivity contribution is 4.85. The minimum Gasteiger partial charge on any atom is -0.381 e. The van der Waals surface area contributed by atoms with Crippen LogP contribution in [0.4, 0.5) is 0 Å². The fraction of sp³-hybridized carbons (Fsp3) is 1.00. The van der Waals surface area contributed by atoms with Gasteiger partial charge in [0, 0.05) is 6.61 Å². The summed E-state index contributed by atoms with van der Waals surface area (Å²) in [5.41, 5.74) is 0.508. The van der Waals surface area contributed by atoms with Crippen molar-refractivity contribution in [2.45, 2.75) is 52.9 Å². The molecule has 0 amide bonds. The van der Waals surface area contributed by atoms with Gasteiger partial charge in [-0.2, -0.15) is 0 Å². The Morgan fingerprint density at radius 2 is 1.77 bits per heavy atom. The largest absolute Gasteiger partial charge is 0.381 e. The molecule has 0 saturated heterocycles. The van der Waals surface area contributed by atoms with Crippen molar-refractivity contribution in [3.05, 3.63) is 0 Å². The first-order valence-corrected chi connectivity index (χ1v) is 5.79. The summed E-state index contributed by atoms with van der Waals surface area (Å²) in [5, 5.41) is 0. The van der Waals surface area contributed by atoms with Gasteiger partial charge in [-0.15, -0.1) is 0 Å². The fourth-order valence-corrected chi connectivity index (χ4v) is 2.45. The van der Waals surface area contributed by atoms with Gasteiger partial charge in [-0.1, -0.05) is 33.1 Å². The van der Waals surface area contributed by atoms with E-state index in [4.69, 9.17) is 4.74 Å². The zero-order valence-electron chi connectivity index (χ0n) is 9.44. The highest BCUT2D eigenvalue weighted by Crippen LogP contribution is 2.42. The van der Waals surface area contributed by atoms with Gasteiger partial charge in [0.2, 0.25) is 0 Å². The van der Waals surface area contributed by atoms with Crippen molar-refractivity contribution in [3.8, 4) is 0 Å². The Bertz CT molecular complexity index is 134. The standard InChI is InChI=1S/C12H24O/c1-4-13-10-12(11(2)3)8-6-5-7-9-12/h11H,4-10H2,1-3H3. The molecule has 1 heteroatoms. The second-order valence-electron chi connectivity index (χ2n) is 4.71. The topological polar surface area (TPSA) is 9.23 Å². The summed E-state index contributed by atoms with van der Waals surface area (Å²) in [5.74, 6) is 0.777. The molecule has 0 bridgehead atoms. The van der Waals surface area contributed by atoms with E-state index in [9.17, 15) is 0 Å². The molecule has 0 N–H and O–H groups in total. The molecule has 0 aliphatic heterocycles. The molecule has 13 heavy (non-hydrogen) atoms. The average Bonchev–Trinajstić information content (AvgIpc) is 2.16. The van der Waals surface area contributed by atoms with E-state index in [1.807, 2.05) is 0 Å². The van der Waals surface area contributed by atoms with Crippen molar-refractivity contribution in [2.75, 3.05) is 13.2 Å². The summed E-state index contributed by atoms with van der Waals surface area (Å²) < 4.78 is 5.64. The van der Waals surface area contributed by atoms with Crippen LogP contribution in [0.15, 0.2) is 0 Å². The highest BCUT2D eigenvalue weighted by atomic mass is 16.5. The maximum Gasteiger partial charge on any atom is 0.0524 e. The van der Waals surface area contributed by atoms with Gasteiger partial charge >= 0.3 is 0 Å². The zero-order valence-corrected chi connectivity index (χ0v) is 9.44. The molecule has 1 aliphatic rings. The van der Waals surface area contributed by atoms with Gasteiger partial charge in [-0.25, -0.2) is 0 Å². The molecule has 1 nitrogen and oxygen atoms in total. The van der Waals surface area contributed by atoms with E-state index in [-0.39, 0.29) is 0 Å². The van der Waals surface area contributed by atoms with E-state index in [1.54, 1.807) is 0 Å². The molecule has 0 heterocycles. The van der Waals surface area contributed by atoms with Crippen LogP contribution in [-0.4, -0.2) is 13.2 Å². The van der Waals surface area contributed by atoms with Crippen LogP contribution in [0.2, 0.25) is 0 Å². The molecule has 0 aromatic rings. The van der Waals surface area contributed by atoms with E-state index < -0.39 is 0 Å². The molecular weight excluding hydrogens is 160 g/mol. The molecule has 78 valence electrons. The predicted octanol–water partition coefficient (Wildman–Crippen LogP) is 3.63. The van der Waals surface area contributed by atoms with Crippen molar-refractivity contribution < 1.29 is 4.74 Å². The molecule has 1 saturated carbocycles. The van der Waals surface area contributed by atoms with E-state index in [1.165, 1.54) is 32.1 Å². The second-order valence-corrected chi connectivity index (χ2v) is 4.71. The average molecular weight is 184 g/mol. The van der Waals surface area contributed by atoms with Crippen LogP contribution in [0, 0.1) is 11.3 Å². The normalized spacial score (nSPS) is 22.2. The SMILES string of the molecule is CCOCC1(C(C)C)CCCCC1. The lowest BCUT2D eigenvalue weighted by Gasteiger charge is -2.40. The Labute approximate surface area is 82.9 Å². The number of ether oxygens (including phenoxy) is 1. The van der Waals surface area contributed by atoms with E-state index in [0.717, 1.165) is 19.1 Å². The van der Waals surface area contributed by atoms with E-state index in [2.05, 4.69) is 20.8 Å². The van der Waals surface area contributed by atoms with Crippen molar-refractivity contribution >= 4 is 0 Å². The molecule has 0 radical (unpaired) electrons. The molecule has 0 unspecified atom stereocenters. The summed E-state index contributed by atoms with van der Waals surface area (Å²) in [4.78, 5) is 0. The Hall–Kier alpha value is -0.0400. The summed E-state index contributed by atoms with van der Waals surface area (Å²) in [6.07, 6.45) is 7.01. The Kier molecular flexibility index (Phi) is 4.24. The minimum atomic E-state index is 0.508. The lowest BCUT2D eigenvalue weighted by Crippen LogP contribution is -2.34. The first kappa shape index (κ1) is 11.0. The molecule has 0 atom stereocenters. The Balaban J connectivity index is 2.51. The van der Waals surface area contributed by atoms with Crippen LogP contribution < -0.4 is 0 Å². The van der Waals surface area contributed by atoms with Crippen LogP contribution in [0.3, 0.4) is 0 Å². The quantitative estimate of drug-likeness (QED) is 0.648. The van der Waals surface area contributed by atoms with Crippen molar-refractivity contribution in [1.29, 1.82) is 0 Å². The summed E-state index contributed by atoms with van der Waals surface area (Å²) in [7, 11) is 0.